The van der Waals surface area contributed by atoms with Gasteiger partial charge in [0.05, 0.1) is 36.1 Å². The van der Waals surface area contributed by atoms with Crippen LogP contribution in [-0.4, -0.2) is 23.5 Å². The molecule has 1 heterocycles. The average Bonchev–Trinajstić information content (AvgIpc) is 2.85. The summed E-state index contributed by atoms with van der Waals surface area (Å²) in [4.78, 5) is 0. The molecule has 2 aromatic rings. The zero-order valence-corrected chi connectivity index (χ0v) is 13.5. The Bertz CT molecular complexity index is 578. The molecular weight excluding hydrogens is 286 g/mol. The number of aromatic nitrogens is 2. The fourth-order valence-electron chi connectivity index (χ4n) is 2.28. The molecule has 0 saturated heterocycles. The van der Waals surface area contributed by atoms with Gasteiger partial charge in [-0.25, -0.2) is 0 Å². The van der Waals surface area contributed by atoms with Crippen LogP contribution >= 0.6 is 11.6 Å². The molecule has 21 heavy (non-hydrogen) atoms. The maximum atomic E-state index is 6.37. The lowest BCUT2D eigenvalue weighted by Gasteiger charge is -2.16. The number of hydrogen-bond acceptors (Lipinski definition) is 3. The van der Waals surface area contributed by atoms with Crippen LogP contribution in [0.3, 0.4) is 0 Å². The molecule has 4 nitrogen and oxygen atoms in total. The zero-order valence-electron chi connectivity index (χ0n) is 12.7. The summed E-state index contributed by atoms with van der Waals surface area (Å²) in [5, 5.41) is 4.86. The van der Waals surface area contributed by atoms with Crippen LogP contribution in [0.25, 0.3) is 0 Å². The summed E-state index contributed by atoms with van der Waals surface area (Å²) in [6.45, 7) is 5.55. The monoisotopic (exact) mass is 307 g/mol. The normalized spacial score (nSPS) is 12.9. The van der Waals surface area contributed by atoms with E-state index in [1.807, 2.05) is 4.68 Å². The molecule has 0 aliphatic heterocycles. The van der Waals surface area contributed by atoms with E-state index in [2.05, 4.69) is 43.2 Å². The molecule has 2 rings (SSSR count). The Balaban J connectivity index is 2.26. The van der Waals surface area contributed by atoms with E-state index in [1.54, 1.807) is 13.3 Å². The third-order valence-electron chi connectivity index (χ3n) is 3.60. The summed E-state index contributed by atoms with van der Waals surface area (Å²) in [7, 11) is 1.66. The Morgan fingerprint density at radius 2 is 1.86 bits per heavy atom. The van der Waals surface area contributed by atoms with Gasteiger partial charge in [-0.05, 0) is 17.0 Å². The van der Waals surface area contributed by atoms with Crippen LogP contribution in [0.4, 0.5) is 0 Å². The van der Waals surface area contributed by atoms with Gasteiger partial charge in [0.15, 0.2) is 0 Å². The highest BCUT2D eigenvalue weighted by Gasteiger charge is 2.18. The maximum absolute atomic E-state index is 6.37. The molecule has 5 heteroatoms. The van der Waals surface area contributed by atoms with E-state index < -0.39 is 0 Å². The number of nitrogens with two attached hydrogens (primary N) is 1. The highest BCUT2D eigenvalue weighted by molar-refractivity contribution is 6.31. The third kappa shape index (κ3) is 3.64. The summed E-state index contributed by atoms with van der Waals surface area (Å²) < 4.78 is 6.91. The molecule has 0 fully saturated rings. The first-order valence-electron chi connectivity index (χ1n) is 7.10. The lowest BCUT2D eigenvalue weighted by molar-refractivity contribution is 0.182. The molecule has 0 spiro atoms. The molecule has 1 aromatic heterocycles. The SMILES string of the molecule is COCCn1ncc(Cl)c1C(N)c1ccc(C(C)C)cc1. The number of rotatable bonds is 6. The number of methoxy groups -OCH3 is 1. The van der Waals surface area contributed by atoms with Crippen molar-refractivity contribution in [1.29, 1.82) is 0 Å². The van der Waals surface area contributed by atoms with E-state index >= 15 is 0 Å². The quantitative estimate of drug-likeness (QED) is 0.890. The van der Waals surface area contributed by atoms with E-state index in [9.17, 15) is 0 Å². The first-order chi connectivity index (χ1) is 10.0. The third-order valence-corrected chi connectivity index (χ3v) is 3.89. The molecule has 0 saturated carbocycles. The second-order valence-electron chi connectivity index (χ2n) is 5.39. The number of nitrogens with zero attached hydrogens (tertiary/aromatic N) is 2. The van der Waals surface area contributed by atoms with Crippen molar-refractivity contribution < 1.29 is 4.74 Å². The molecule has 114 valence electrons. The van der Waals surface area contributed by atoms with Crippen molar-refractivity contribution in [2.75, 3.05) is 13.7 Å². The van der Waals surface area contributed by atoms with Crippen LogP contribution in [0, 0.1) is 0 Å². The Morgan fingerprint density at radius 3 is 2.43 bits per heavy atom. The van der Waals surface area contributed by atoms with Crippen LogP contribution in [0.2, 0.25) is 5.02 Å². The lowest BCUT2D eigenvalue weighted by Crippen LogP contribution is -2.19. The average molecular weight is 308 g/mol. The first-order valence-corrected chi connectivity index (χ1v) is 7.48. The summed E-state index contributed by atoms with van der Waals surface area (Å²) in [5.41, 5.74) is 9.52. The Hall–Kier alpha value is -1.36. The minimum atomic E-state index is -0.293. The second kappa shape index (κ2) is 7.07. The van der Waals surface area contributed by atoms with Crippen molar-refractivity contribution in [2.45, 2.75) is 32.4 Å². The van der Waals surface area contributed by atoms with Crippen LogP contribution in [0.5, 0.6) is 0 Å². The summed E-state index contributed by atoms with van der Waals surface area (Å²) in [5.74, 6) is 0.506. The fraction of sp³-hybridized carbons (Fsp3) is 0.438. The minimum absolute atomic E-state index is 0.293. The maximum Gasteiger partial charge on any atom is 0.0837 e. The number of halogens is 1. The number of ether oxygens (including phenoxy) is 1. The van der Waals surface area contributed by atoms with Crippen molar-refractivity contribution in [3.05, 3.63) is 52.3 Å². The minimum Gasteiger partial charge on any atom is -0.383 e. The van der Waals surface area contributed by atoms with E-state index in [0.717, 1.165) is 11.3 Å². The Morgan fingerprint density at radius 1 is 1.24 bits per heavy atom. The van der Waals surface area contributed by atoms with Gasteiger partial charge in [0.2, 0.25) is 0 Å². The fourth-order valence-corrected chi connectivity index (χ4v) is 2.54. The Kier molecular flexibility index (Phi) is 5.39. The van der Waals surface area contributed by atoms with Crippen LogP contribution in [0.15, 0.2) is 30.5 Å². The lowest BCUT2D eigenvalue weighted by atomic mass is 9.98. The van der Waals surface area contributed by atoms with Crippen molar-refractivity contribution in [3.8, 4) is 0 Å². The van der Waals surface area contributed by atoms with Crippen molar-refractivity contribution in [3.63, 3.8) is 0 Å². The second-order valence-corrected chi connectivity index (χ2v) is 5.80. The van der Waals surface area contributed by atoms with Crippen LogP contribution < -0.4 is 5.73 Å². The predicted octanol–water partition coefficient (Wildman–Crippen LogP) is 3.35. The summed E-state index contributed by atoms with van der Waals surface area (Å²) in [6.07, 6.45) is 1.63. The number of benzene rings is 1. The molecule has 0 aliphatic carbocycles. The number of hydrogen-bond donors (Lipinski definition) is 1. The van der Waals surface area contributed by atoms with Gasteiger partial charge in [-0.15, -0.1) is 0 Å². The molecule has 0 radical (unpaired) electrons. The standard InChI is InChI=1S/C16H22ClN3O/c1-11(2)12-4-6-13(7-5-12)15(18)16-14(17)10-19-20(16)8-9-21-3/h4-7,10-11,15H,8-9,18H2,1-3H3. The zero-order chi connectivity index (χ0) is 15.4. The molecule has 1 aromatic carbocycles. The summed E-state index contributed by atoms with van der Waals surface area (Å²) in [6, 6.07) is 8.05. The van der Waals surface area contributed by atoms with Gasteiger partial charge in [-0.2, -0.15) is 5.10 Å². The topological polar surface area (TPSA) is 53.1 Å². The van der Waals surface area contributed by atoms with Crippen LogP contribution in [0.1, 0.15) is 42.6 Å². The van der Waals surface area contributed by atoms with Gasteiger partial charge >= 0.3 is 0 Å². The van der Waals surface area contributed by atoms with Gasteiger partial charge in [0.1, 0.15) is 0 Å². The van der Waals surface area contributed by atoms with E-state index in [4.69, 9.17) is 22.1 Å². The van der Waals surface area contributed by atoms with E-state index in [0.29, 0.717) is 24.1 Å². The van der Waals surface area contributed by atoms with Crippen molar-refractivity contribution >= 4 is 11.6 Å². The smallest absolute Gasteiger partial charge is 0.0837 e. The van der Waals surface area contributed by atoms with Crippen molar-refractivity contribution in [2.24, 2.45) is 5.73 Å². The van der Waals surface area contributed by atoms with Gasteiger partial charge in [0.25, 0.3) is 0 Å². The molecule has 0 bridgehead atoms. The molecule has 0 amide bonds. The van der Waals surface area contributed by atoms with Crippen LogP contribution in [-0.2, 0) is 11.3 Å². The Labute approximate surface area is 130 Å². The van der Waals surface area contributed by atoms with Gasteiger partial charge in [0, 0.05) is 7.11 Å². The first kappa shape index (κ1) is 16.0. The summed E-state index contributed by atoms with van der Waals surface area (Å²) >= 11 is 6.25. The van der Waals surface area contributed by atoms with Gasteiger partial charge in [-0.3, -0.25) is 4.68 Å². The van der Waals surface area contributed by atoms with Gasteiger partial charge < -0.3 is 10.5 Å². The molecule has 0 aliphatic rings. The van der Waals surface area contributed by atoms with E-state index in [-0.39, 0.29) is 6.04 Å². The molecule has 1 unspecified atom stereocenters. The van der Waals surface area contributed by atoms with Crippen molar-refractivity contribution in [1.82, 2.24) is 9.78 Å². The highest BCUT2D eigenvalue weighted by Crippen LogP contribution is 2.27. The molecule has 2 N–H and O–H groups in total. The molecular formula is C16H22ClN3O. The van der Waals surface area contributed by atoms with Gasteiger partial charge in [-0.1, -0.05) is 49.7 Å². The van der Waals surface area contributed by atoms with E-state index in [1.165, 1.54) is 5.56 Å². The largest absolute Gasteiger partial charge is 0.383 e. The predicted molar refractivity (Wildman–Crippen MR) is 85.7 cm³/mol. The molecule has 1 atom stereocenters. The highest BCUT2D eigenvalue weighted by atomic mass is 35.5.